The number of aliphatic hydroxyl groups excluding tert-OH is 13. The third-order valence-electron chi connectivity index (χ3n) is 11.3. The van der Waals surface area contributed by atoms with Crippen molar-refractivity contribution in [3.63, 3.8) is 0 Å². The predicted molar refractivity (Wildman–Crippen MR) is 199 cm³/mol. The van der Waals surface area contributed by atoms with Crippen LogP contribution in [0.3, 0.4) is 0 Å². The van der Waals surface area contributed by atoms with Crippen LogP contribution in [0.15, 0.2) is 0 Å². The normalized spacial score (nSPS) is 47.5. The lowest BCUT2D eigenvalue weighted by molar-refractivity contribution is -0.383. The van der Waals surface area contributed by atoms with E-state index in [0.29, 0.717) is 0 Å². The van der Waals surface area contributed by atoms with Gasteiger partial charge in [0.1, 0.15) is 116 Å². The molecule has 0 aromatic carbocycles. The Hall–Kier alpha value is -2.07. The largest absolute Gasteiger partial charge is 0.397 e. The van der Waals surface area contributed by atoms with Gasteiger partial charge in [0, 0.05) is 13.8 Å². The zero-order valence-electron chi connectivity index (χ0n) is 34.6. The molecule has 0 aromatic heterocycles. The fraction of sp³-hybridized carbons (Fsp3) is 0.941. The Bertz CT molecular complexity index is 1670. The van der Waals surface area contributed by atoms with Gasteiger partial charge in [0.25, 0.3) is 0 Å². The number of ether oxygens (including phenoxy) is 9. The Morgan fingerprint density at radius 1 is 0.508 bits per heavy atom. The molecular weight excluding hydrogens is 916 g/mol. The maximum absolute atomic E-state index is 12.5. The number of hydrogen-bond donors (Lipinski definition) is 16. The minimum Gasteiger partial charge on any atom is -0.394 e. The first-order chi connectivity index (χ1) is 30.4. The van der Waals surface area contributed by atoms with Gasteiger partial charge < -0.3 is 120 Å². The molecule has 0 aromatic rings. The van der Waals surface area contributed by atoms with E-state index in [1.807, 2.05) is 0 Å². The molecule has 31 heteroatoms. The van der Waals surface area contributed by atoms with Crippen LogP contribution in [0.2, 0.25) is 0 Å². The van der Waals surface area contributed by atoms with Gasteiger partial charge in [-0.15, -0.1) is 0 Å². The molecule has 0 aliphatic carbocycles. The van der Waals surface area contributed by atoms with E-state index in [-0.39, 0.29) is 0 Å². The molecular formula is C34H58N2O28S. The van der Waals surface area contributed by atoms with E-state index in [1.54, 1.807) is 0 Å². The molecule has 0 saturated carbocycles. The fourth-order valence-corrected chi connectivity index (χ4v) is 8.10. The highest BCUT2D eigenvalue weighted by atomic mass is 32.3. The van der Waals surface area contributed by atoms with Crippen LogP contribution in [0.4, 0.5) is 0 Å². The van der Waals surface area contributed by atoms with Crippen LogP contribution in [-0.4, -0.2) is 271 Å². The summed E-state index contributed by atoms with van der Waals surface area (Å²) >= 11 is 0. The fourth-order valence-electron chi connectivity index (χ4n) is 7.80. The molecule has 2 amide bonds. The molecule has 5 heterocycles. The Balaban J connectivity index is 1.41. The van der Waals surface area contributed by atoms with Crippen LogP contribution in [-0.2, 0) is 66.8 Å². The highest BCUT2D eigenvalue weighted by molar-refractivity contribution is 7.80. The average Bonchev–Trinajstić information content (AvgIpc) is 3.24. The van der Waals surface area contributed by atoms with Crippen molar-refractivity contribution in [2.45, 2.75) is 174 Å². The lowest BCUT2D eigenvalue weighted by atomic mass is 9.94. The summed E-state index contributed by atoms with van der Waals surface area (Å²) in [6, 6.07) is -3.40. The van der Waals surface area contributed by atoms with E-state index in [1.165, 1.54) is 6.92 Å². The second-order valence-corrected chi connectivity index (χ2v) is 17.1. The summed E-state index contributed by atoms with van der Waals surface area (Å²) in [5.41, 5.74) is 0. The average molecular weight is 975 g/mol. The topological polar surface area (TPSA) is 468 Å². The highest BCUT2D eigenvalue weighted by Gasteiger charge is 2.56. The van der Waals surface area contributed by atoms with Crippen molar-refractivity contribution in [1.29, 1.82) is 0 Å². The number of nitrogens with one attached hydrogen (secondary N) is 2. The molecule has 16 N–H and O–H groups in total. The minimum atomic E-state index is -5.29. The minimum absolute atomic E-state index is 0.776. The monoisotopic (exact) mass is 974 g/mol. The van der Waals surface area contributed by atoms with Gasteiger partial charge in [-0.1, -0.05) is 0 Å². The molecule has 1 unspecified atom stereocenters. The van der Waals surface area contributed by atoms with Gasteiger partial charge in [-0.05, 0) is 6.92 Å². The molecule has 0 spiro atoms. The number of hydrogen-bond acceptors (Lipinski definition) is 27. The van der Waals surface area contributed by atoms with Crippen molar-refractivity contribution in [3.8, 4) is 0 Å². The van der Waals surface area contributed by atoms with Crippen molar-refractivity contribution in [3.05, 3.63) is 0 Å². The molecule has 0 radical (unpaired) electrons. The van der Waals surface area contributed by atoms with E-state index in [0.717, 1.165) is 13.8 Å². The molecule has 5 saturated heterocycles. The van der Waals surface area contributed by atoms with Gasteiger partial charge >= 0.3 is 10.4 Å². The van der Waals surface area contributed by atoms with Crippen LogP contribution in [0.25, 0.3) is 0 Å². The number of aliphatic hydroxyl groups is 13. The van der Waals surface area contributed by atoms with Gasteiger partial charge in [0.05, 0.1) is 32.5 Å². The quantitative estimate of drug-likeness (QED) is 0.0639. The standard InChI is InChI=1S/C34H58N2O28S/c1-8-17(41)22(46)25(49)32(57-8)64-29-24(48)19(43)12(5-38)60-34(29)62-27-14(7-56-65(52,53)54)61-31(15(21(27)45)35-9(2)39)55-6-13-20(44)28(16(30(51)58-13)36-10(3)40)63-33-26(50)23(47)18(42)11(4-37)59-33/h8,11-34,37-38,41-51H,4-7H2,1-3H3,(H,35,39)(H,36,40)(H,52,53,54)/t8-,11+,12+,13+,14+,15+,16+,17+,18-,19-,20-,21+,22+,23-,24-,25-,26+,27+,28+,29+,30?,31+,32-,33-,34-/m0/s1. The van der Waals surface area contributed by atoms with E-state index in [2.05, 4.69) is 14.8 Å². The summed E-state index contributed by atoms with van der Waals surface area (Å²) in [7, 11) is -5.29. The Morgan fingerprint density at radius 3 is 1.57 bits per heavy atom. The second kappa shape index (κ2) is 22.6. The summed E-state index contributed by atoms with van der Waals surface area (Å²) in [5.74, 6) is -1.64. The van der Waals surface area contributed by atoms with Crippen LogP contribution in [0, 0.1) is 0 Å². The number of amides is 2. The van der Waals surface area contributed by atoms with E-state index < -0.39 is 202 Å². The first-order valence-corrected chi connectivity index (χ1v) is 21.5. The van der Waals surface area contributed by atoms with Crippen LogP contribution < -0.4 is 10.6 Å². The molecule has 30 nitrogen and oxygen atoms in total. The van der Waals surface area contributed by atoms with E-state index in [9.17, 15) is 88.9 Å². The van der Waals surface area contributed by atoms with Crippen molar-refractivity contribution in [1.82, 2.24) is 10.6 Å². The smallest absolute Gasteiger partial charge is 0.394 e. The van der Waals surface area contributed by atoms with Crippen LogP contribution in [0.5, 0.6) is 0 Å². The molecule has 5 aliphatic rings. The van der Waals surface area contributed by atoms with Crippen LogP contribution >= 0.6 is 0 Å². The third-order valence-corrected chi connectivity index (χ3v) is 11.7. The number of carbonyl (C=O) groups is 2. The Kier molecular flexibility index (Phi) is 18.7. The number of rotatable bonds is 16. The van der Waals surface area contributed by atoms with Crippen molar-refractivity contribution < 1.29 is 136 Å². The van der Waals surface area contributed by atoms with Crippen molar-refractivity contribution in [2.24, 2.45) is 0 Å². The van der Waals surface area contributed by atoms with Gasteiger partial charge in [0.2, 0.25) is 11.8 Å². The first kappa shape index (κ1) is 53.9. The predicted octanol–water partition coefficient (Wildman–Crippen LogP) is -10.8. The second-order valence-electron chi connectivity index (χ2n) is 16.0. The summed E-state index contributed by atoms with van der Waals surface area (Å²) in [6.45, 7) is -0.636. The summed E-state index contributed by atoms with van der Waals surface area (Å²) in [6.07, 6.45) is -42.8. The summed E-state index contributed by atoms with van der Waals surface area (Å²) in [4.78, 5) is 24.6. The molecule has 0 bridgehead atoms. The molecule has 25 atom stereocenters. The Labute approximate surface area is 368 Å². The van der Waals surface area contributed by atoms with Crippen molar-refractivity contribution >= 4 is 22.2 Å². The van der Waals surface area contributed by atoms with Crippen LogP contribution in [0.1, 0.15) is 20.8 Å². The maximum Gasteiger partial charge on any atom is 0.397 e. The zero-order valence-corrected chi connectivity index (χ0v) is 35.5. The van der Waals surface area contributed by atoms with Gasteiger partial charge in [-0.3, -0.25) is 14.1 Å². The zero-order chi connectivity index (χ0) is 48.4. The SMILES string of the molecule is CC(=O)N[C@H]1[C@H](OC[C@H]2OC(O)[C@H](NC(C)=O)[C@@H](O[C@@H]3O[C@H](CO)[C@H](O)[C@H](O)[C@H]3O)[C@H]2O)O[C@H](COS(=O)(=O)O)[C@@H](O[C@@H]2O[C@H](CO)[C@H](O)[C@H](O)[C@H]2O[C@@H]2O[C@@H](C)[C@@H](O)[C@@H](O)[C@@H]2O)[C@@H]1O. The Morgan fingerprint density at radius 2 is 1.00 bits per heavy atom. The lowest BCUT2D eigenvalue weighted by Crippen LogP contribution is -2.69. The summed E-state index contributed by atoms with van der Waals surface area (Å²) in [5, 5.41) is 142. The van der Waals surface area contributed by atoms with Gasteiger partial charge in [-0.2, -0.15) is 8.42 Å². The molecule has 65 heavy (non-hydrogen) atoms. The summed E-state index contributed by atoms with van der Waals surface area (Å²) < 4.78 is 88.3. The lowest BCUT2D eigenvalue weighted by Gasteiger charge is -2.49. The first-order valence-electron chi connectivity index (χ1n) is 20.1. The van der Waals surface area contributed by atoms with E-state index in [4.69, 9.17) is 42.6 Å². The molecule has 5 fully saturated rings. The van der Waals surface area contributed by atoms with Gasteiger partial charge in [0.15, 0.2) is 31.5 Å². The third kappa shape index (κ3) is 12.6. The molecule has 5 aliphatic heterocycles. The van der Waals surface area contributed by atoms with E-state index >= 15 is 0 Å². The highest BCUT2D eigenvalue weighted by Crippen LogP contribution is 2.35. The van der Waals surface area contributed by atoms with Crippen molar-refractivity contribution in [2.75, 3.05) is 26.4 Å². The van der Waals surface area contributed by atoms with Gasteiger partial charge in [-0.25, -0.2) is 4.18 Å². The molecule has 5 rings (SSSR count). The maximum atomic E-state index is 12.5. The number of carbonyl (C=O) groups excluding carboxylic acids is 2. The molecule has 378 valence electrons.